The number of furan rings is 1. The summed E-state index contributed by atoms with van der Waals surface area (Å²) in [7, 11) is 1.30. The number of benzene rings is 2. The van der Waals surface area contributed by atoms with Gasteiger partial charge in [-0.2, -0.15) is 13.2 Å². The van der Waals surface area contributed by atoms with E-state index in [1.165, 1.54) is 19.2 Å². The van der Waals surface area contributed by atoms with Gasteiger partial charge in [-0.3, -0.25) is 4.79 Å². The van der Waals surface area contributed by atoms with Gasteiger partial charge in [0.15, 0.2) is 11.6 Å². The number of hydrogen-bond donors (Lipinski definition) is 2. The van der Waals surface area contributed by atoms with Crippen LogP contribution in [0.4, 0.5) is 22.0 Å². The van der Waals surface area contributed by atoms with Gasteiger partial charge in [-0.05, 0) is 36.8 Å². The zero-order chi connectivity index (χ0) is 20.6. The average Bonchev–Trinajstić information content (AvgIpc) is 3.02. The van der Waals surface area contributed by atoms with E-state index in [4.69, 9.17) is 4.42 Å². The fraction of sp³-hybridized carbons (Fsp3) is 0.211. The zero-order valence-corrected chi connectivity index (χ0v) is 14.5. The SMILES string of the molecule is CNC(=O)c1c(-c2ccc(F)cc2)oc2cc(CCC(F)(F)F)c(O)c(F)c12. The van der Waals surface area contributed by atoms with Crippen molar-refractivity contribution >= 4 is 16.9 Å². The van der Waals surface area contributed by atoms with E-state index in [-0.39, 0.29) is 33.4 Å². The van der Waals surface area contributed by atoms with Gasteiger partial charge in [0.05, 0.1) is 10.9 Å². The third-order valence-electron chi connectivity index (χ3n) is 4.21. The van der Waals surface area contributed by atoms with Crippen molar-refractivity contribution in [1.82, 2.24) is 5.32 Å². The summed E-state index contributed by atoms with van der Waals surface area (Å²) in [5, 5.41) is 12.0. The summed E-state index contributed by atoms with van der Waals surface area (Å²) < 4.78 is 71.0. The number of hydrogen-bond acceptors (Lipinski definition) is 3. The molecule has 1 aromatic heterocycles. The van der Waals surface area contributed by atoms with Crippen LogP contribution >= 0.6 is 0 Å². The van der Waals surface area contributed by atoms with Crippen LogP contribution in [0.2, 0.25) is 0 Å². The third kappa shape index (κ3) is 3.64. The van der Waals surface area contributed by atoms with Crippen molar-refractivity contribution in [3.8, 4) is 17.1 Å². The second-order valence-corrected chi connectivity index (χ2v) is 6.08. The molecule has 2 N–H and O–H groups in total. The molecule has 2 aromatic carbocycles. The summed E-state index contributed by atoms with van der Waals surface area (Å²) in [5.74, 6) is -3.61. The first-order valence-corrected chi connectivity index (χ1v) is 8.14. The minimum absolute atomic E-state index is 0.0966. The molecule has 28 heavy (non-hydrogen) atoms. The van der Waals surface area contributed by atoms with Gasteiger partial charge in [-0.1, -0.05) is 0 Å². The number of fused-ring (bicyclic) bond motifs is 1. The molecule has 3 rings (SSSR count). The first kappa shape index (κ1) is 19.7. The number of carbonyl (C=O) groups excluding carboxylic acids is 1. The van der Waals surface area contributed by atoms with E-state index in [0.29, 0.717) is 0 Å². The number of phenolic OH excluding ortho intramolecular Hbond substituents is 1. The predicted molar refractivity (Wildman–Crippen MR) is 91.0 cm³/mol. The molecule has 0 fully saturated rings. The highest BCUT2D eigenvalue weighted by molar-refractivity contribution is 6.11. The van der Waals surface area contributed by atoms with Gasteiger partial charge in [-0.25, -0.2) is 8.78 Å². The van der Waals surface area contributed by atoms with E-state index in [2.05, 4.69) is 5.32 Å². The van der Waals surface area contributed by atoms with Crippen molar-refractivity contribution in [1.29, 1.82) is 0 Å². The lowest BCUT2D eigenvalue weighted by Crippen LogP contribution is -2.18. The molecule has 0 aliphatic rings. The predicted octanol–water partition coefficient (Wildman–Crippen LogP) is 4.94. The molecule has 1 amide bonds. The maximum absolute atomic E-state index is 14.8. The number of halogens is 5. The Morgan fingerprint density at radius 2 is 1.82 bits per heavy atom. The van der Waals surface area contributed by atoms with Crippen LogP contribution in [0.15, 0.2) is 34.7 Å². The smallest absolute Gasteiger partial charge is 0.389 e. The Hall–Kier alpha value is -3.10. The number of aromatic hydroxyl groups is 1. The number of alkyl halides is 3. The lowest BCUT2D eigenvalue weighted by Gasteiger charge is -2.09. The van der Waals surface area contributed by atoms with E-state index in [1.54, 1.807) is 0 Å². The van der Waals surface area contributed by atoms with Gasteiger partial charge in [0.25, 0.3) is 5.91 Å². The summed E-state index contributed by atoms with van der Waals surface area (Å²) in [6.07, 6.45) is -6.42. The van der Waals surface area contributed by atoms with E-state index in [9.17, 15) is 31.9 Å². The van der Waals surface area contributed by atoms with E-state index >= 15 is 0 Å². The molecule has 3 aromatic rings. The average molecular weight is 399 g/mol. The Balaban J connectivity index is 2.23. The van der Waals surface area contributed by atoms with E-state index in [1.807, 2.05) is 0 Å². The van der Waals surface area contributed by atoms with Crippen LogP contribution < -0.4 is 5.32 Å². The molecule has 0 spiro atoms. The second-order valence-electron chi connectivity index (χ2n) is 6.08. The molecule has 1 heterocycles. The van der Waals surface area contributed by atoms with Crippen molar-refractivity contribution in [2.45, 2.75) is 19.0 Å². The number of nitrogens with one attached hydrogen (secondary N) is 1. The molecule has 0 saturated heterocycles. The van der Waals surface area contributed by atoms with Gasteiger partial charge in [0, 0.05) is 24.6 Å². The van der Waals surface area contributed by atoms with Crippen LogP contribution in [0.3, 0.4) is 0 Å². The molecule has 0 aliphatic heterocycles. The molecule has 0 radical (unpaired) electrons. The van der Waals surface area contributed by atoms with Crippen molar-refractivity contribution in [2.24, 2.45) is 0 Å². The van der Waals surface area contributed by atoms with Gasteiger partial charge < -0.3 is 14.8 Å². The van der Waals surface area contributed by atoms with Gasteiger partial charge >= 0.3 is 6.18 Å². The Bertz CT molecular complexity index is 1040. The van der Waals surface area contributed by atoms with Crippen LogP contribution in [-0.2, 0) is 6.42 Å². The molecule has 148 valence electrons. The third-order valence-corrected chi connectivity index (χ3v) is 4.21. The Morgan fingerprint density at radius 3 is 2.39 bits per heavy atom. The molecule has 4 nitrogen and oxygen atoms in total. The van der Waals surface area contributed by atoms with Gasteiger partial charge in [-0.15, -0.1) is 0 Å². The van der Waals surface area contributed by atoms with Crippen LogP contribution in [0.5, 0.6) is 5.75 Å². The van der Waals surface area contributed by atoms with Crippen molar-refractivity contribution in [3.05, 3.63) is 53.1 Å². The Labute approximate surface area is 155 Å². The molecular weight excluding hydrogens is 385 g/mol. The summed E-state index contributed by atoms with van der Waals surface area (Å²) in [6.45, 7) is 0. The van der Waals surface area contributed by atoms with Crippen LogP contribution in [0, 0.1) is 11.6 Å². The lowest BCUT2D eigenvalue weighted by atomic mass is 10.0. The lowest BCUT2D eigenvalue weighted by molar-refractivity contribution is -0.134. The highest BCUT2D eigenvalue weighted by Gasteiger charge is 2.30. The minimum Gasteiger partial charge on any atom is -0.505 e. The number of phenols is 1. The van der Waals surface area contributed by atoms with Crippen LogP contribution in [0.1, 0.15) is 22.3 Å². The standard InChI is InChI=1S/C19H14F5NO3/c1-25-18(27)14-13-12(28-17(14)9-2-4-11(20)5-3-9)8-10(16(26)15(13)21)6-7-19(22,23)24/h2-5,8,26H,6-7H2,1H3,(H,25,27). The normalized spacial score (nSPS) is 11.8. The number of rotatable bonds is 4. The van der Waals surface area contributed by atoms with Crippen LogP contribution in [0.25, 0.3) is 22.3 Å². The first-order valence-electron chi connectivity index (χ1n) is 8.14. The zero-order valence-electron chi connectivity index (χ0n) is 14.5. The minimum atomic E-state index is -4.49. The number of amides is 1. The monoisotopic (exact) mass is 399 g/mol. The quantitative estimate of drug-likeness (QED) is 0.611. The highest BCUT2D eigenvalue weighted by atomic mass is 19.4. The molecule has 0 unspecified atom stereocenters. The topological polar surface area (TPSA) is 62.5 Å². The molecule has 0 aliphatic carbocycles. The molecular formula is C19H14F5NO3. The van der Waals surface area contributed by atoms with E-state index < -0.39 is 42.3 Å². The van der Waals surface area contributed by atoms with Crippen molar-refractivity contribution in [3.63, 3.8) is 0 Å². The van der Waals surface area contributed by atoms with Crippen LogP contribution in [-0.4, -0.2) is 24.2 Å². The number of carbonyl (C=O) groups is 1. The summed E-state index contributed by atoms with van der Waals surface area (Å²) in [6, 6.07) is 5.90. The second kappa shape index (κ2) is 7.14. The highest BCUT2D eigenvalue weighted by Crippen LogP contribution is 2.40. The molecule has 0 atom stereocenters. The molecule has 0 saturated carbocycles. The largest absolute Gasteiger partial charge is 0.505 e. The summed E-state index contributed by atoms with van der Waals surface area (Å²) in [5.41, 5.74) is -0.498. The first-order chi connectivity index (χ1) is 13.1. The molecule has 9 heteroatoms. The van der Waals surface area contributed by atoms with Crippen molar-refractivity contribution < 1.29 is 36.3 Å². The number of aryl methyl sites for hydroxylation is 1. The van der Waals surface area contributed by atoms with Gasteiger partial charge in [0.2, 0.25) is 0 Å². The fourth-order valence-electron chi connectivity index (χ4n) is 2.87. The summed E-state index contributed by atoms with van der Waals surface area (Å²) >= 11 is 0. The van der Waals surface area contributed by atoms with Gasteiger partial charge in [0.1, 0.15) is 17.2 Å². The maximum atomic E-state index is 14.8. The maximum Gasteiger partial charge on any atom is 0.389 e. The van der Waals surface area contributed by atoms with Crippen molar-refractivity contribution in [2.75, 3.05) is 7.05 Å². The Kier molecular flexibility index (Phi) is 5.01. The van der Waals surface area contributed by atoms with E-state index in [0.717, 1.165) is 18.2 Å². The Morgan fingerprint density at radius 1 is 1.18 bits per heavy atom. The molecule has 0 bridgehead atoms. The fourth-order valence-corrected chi connectivity index (χ4v) is 2.87. The summed E-state index contributed by atoms with van der Waals surface area (Å²) in [4.78, 5) is 12.3.